The number of hydrogen-bond donors (Lipinski definition) is 1. The first-order valence-electron chi connectivity index (χ1n) is 7.87. The van der Waals surface area contributed by atoms with Crippen molar-refractivity contribution in [2.24, 2.45) is 23.7 Å². The van der Waals surface area contributed by atoms with Crippen molar-refractivity contribution in [2.45, 2.75) is 39.2 Å². The number of quaternary nitrogens is 1. The lowest BCUT2D eigenvalue weighted by atomic mass is 9.67. The topological polar surface area (TPSA) is 46.1 Å². The fourth-order valence-electron chi connectivity index (χ4n) is 4.14. The number of fused-ring (bicyclic) bond motifs is 1. The van der Waals surface area contributed by atoms with Gasteiger partial charge in [-0.05, 0) is 30.6 Å². The Hall–Kier alpha value is -0.610. The van der Waals surface area contributed by atoms with Crippen LogP contribution in [0.4, 0.5) is 0 Å². The fourth-order valence-corrected chi connectivity index (χ4v) is 4.14. The molecular formula is C15H27N2O2+. The first-order chi connectivity index (χ1) is 9.13. The molecule has 2 N–H and O–H groups in total. The highest BCUT2D eigenvalue weighted by Crippen LogP contribution is 2.43. The molecule has 1 aliphatic carbocycles. The van der Waals surface area contributed by atoms with Crippen LogP contribution in [0.3, 0.4) is 0 Å². The third kappa shape index (κ3) is 2.79. The maximum Gasteiger partial charge on any atom is 0.306 e. The zero-order valence-electron chi connectivity index (χ0n) is 12.2. The van der Waals surface area contributed by atoms with Gasteiger partial charge in [-0.3, -0.25) is 9.69 Å². The van der Waals surface area contributed by atoms with Crippen molar-refractivity contribution in [3.8, 4) is 0 Å². The summed E-state index contributed by atoms with van der Waals surface area (Å²) < 4.78 is 5.64. The highest BCUT2D eigenvalue weighted by Gasteiger charge is 2.44. The Labute approximate surface area is 115 Å². The summed E-state index contributed by atoms with van der Waals surface area (Å²) in [5, 5.41) is 2.35. The van der Waals surface area contributed by atoms with Crippen molar-refractivity contribution in [1.29, 1.82) is 0 Å². The second-order valence-corrected chi connectivity index (χ2v) is 6.92. The van der Waals surface area contributed by atoms with Crippen molar-refractivity contribution >= 4 is 5.97 Å². The van der Waals surface area contributed by atoms with E-state index < -0.39 is 0 Å². The van der Waals surface area contributed by atoms with Crippen molar-refractivity contribution in [3.05, 3.63) is 0 Å². The number of carbonyl (C=O) groups excluding carboxylic acids is 1. The van der Waals surface area contributed by atoms with Crippen molar-refractivity contribution in [3.63, 3.8) is 0 Å². The molecular weight excluding hydrogens is 240 g/mol. The maximum absolute atomic E-state index is 11.8. The highest BCUT2D eigenvalue weighted by molar-refractivity contribution is 5.70. The summed E-state index contributed by atoms with van der Waals surface area (Å²) in [6.45, 7) is 9.24. The molecule has 0 bridgehead atoms. The second kappa shape index (κ2) is 5.41. The molecule has 2 aliphatic heterocycles. The minimum atomic E-state index is 0.0381. The van der Waals surface area contributed by atoms with E-state index in [0.29, 0.717) is 24.2 Å². The van der Waals surface area contributed by atoms with Crippen LogP contribution in [-0.4, -0.2) is 43.3 Å². The number of nitrogens with two attached hydrogens (primary N) is 1. The van der Waals surface area contributed by atoms with Crippen LogP contribution in [0.25, 0.3) is 0 Å². The summed E-state index contributed by atoms with van der Waals surface area (Å²) >= 11 is 0. The Morgan fingerprint density at radius 1 is 1.32 bits per heavy atom. The minimum absolute atomic E-state index is 0.0381. The van der Waals surface area contributed by atoms with Crippen LogP contribution >= 0.6 is 0 Å². The zero-order chi connectivity index (χ0) is 13.4. The molecule has 4 nitrogen and oxygen atoms in total. The van der Waals surface area contributed by atoms with Gasteiger partial charge in [0, 0.05) is 18.9 Å². The Morgan fingerprint density at radius 2 is 2.11 bits per heavy atom. The van der Waals surface area contributed by atoms with Gasteiger partial charge in [-0.25, -0.2) is 0 Å². The van der Waals surface area contributed by atoms with Gasteiger partial charge >= 0.3 is 5.97 Å². The molecule has 3 fully saturated rings. The number of carbonyl (C=O) groups is 1. The summed E-state index contributed by atoms with van der Waals surface area (Å²) in [7, 11) is 0. The van der Waals surface area contributed by atoms with E-state index in [2.05, 4.69) is 24.1 Å². The predicted molar refractivity (Wildman–Crippen MR) is 72.3 cm³/mol. The van der Waals surface area contributed by atoms with Crippen LogP contribution in [0.5, 0.6) is 0 Å². The van der Waals surface area contributed by atoms with E-state index in [9.17, 15) is 4.79 Å². The van der Waals surface area contributed by atoms with Gasteiger partial charge < -0.3 is 10.1 Å². The molecule has 0 aromatic carbocycles. The van der Waals surface area contributed by atoms with Gasteiger partial charge in [0.1, 0.15) is 12.8 Å². The lowest BCUT2D eigenvalue weighted by Crippen LogP contribution is -2.82. The van der Waals surface area contributed by atoms with Crippen molar-refractivity contribution < 1.29 is 14.8 Å². The van der Waals surface area contributed by atoms with E-state index in [1.165, 1.54) is 19.5 Å². The molecule has 5 unspecified atom stereocenters. The van der Waals surface area contributed by atoms with Crippen LogP contribution in [0.15, 0.2) is 0 Å². The largest absolute Gasteiger partial charge is 0.462 e. The molecule has 1 saturated carbocycles. The Morgan fingerprint density at radius 3 is 2.84 bits per heavy atom. The smallest absolute Gasteiger partial charge is 0.306 e. The lowest BCUT2D eigenvalue weighted by molar-refractivity contribution is -0.643. The number of ether oxygens (including phenoxy) is 1. The van der Waals surface area contributed by atoms with Crippen LogP contribution in [0.2, 0.25) is 0 Å². The molecule has 5 atom stereocenters. The van der Waals surface area contributed by atoms with E-state index in [0.717, 1.165) is 25.6 Å². The van der Waals surface area contributed by atoms with E-state index >= 15 is 0 Å². The van der Waals surface area contributed by atoms with Crippen molar-refractivity contribution in [2.75, 3.05) is 26.3 Å². The summed E-state index contributed by atoms with van der Waals surface area (Å²) in [5.41, 5.74) is 0. The van der Waals surface area contributed by atoms with E-state index in [1.54, 1.807) is 0 Å². The summed E-state index contributed by atoms with van der Waals surface area (Å²) in [6.07, 6.45) is 3.14. The molecule has 108 valence electrons. The monoisotopic (exact) mass is 267 g/mol. The molecule has 0 spiro atoms. The Bertz CT molecular complexity index is 341. The first-order valence-corrected chi connectivity index (χ1v) is 7.87. The second-order valence-electron chi connectivity index (χ2n) is 6.92. The van der Waals surface area contributed by atoms with Gasteiger partial charge in [0.05, 0.1) is 13.1 Å². The highest BCUT2D eigenvalue weighted by atomic mass is 16.5. The zero-order valence-corrected chi connectivity index (χ0v) is 12.2. The number of hydrogen-bond acceptors (Lipinski definition) is 3. The van der Waals surface area contributed by atoms with Gasteiger partial charge in [0.2, 0.25) is 0 Å². The molecule has 0 aromatic heterocycles. The quantitative estimate of drug-likeness (QED) is 0.738. The molecule has 3 rings (SSSR count). The number of rotatable bonds is 2. The third-order valence-electron chi connectivity index (χ3n) is 5.54. The van der Waals surface area contributed by atoms with Crippen molar-refractivity contribution in [1.82, 2.24) is 4.90 Å². The molecule has 19 heavy (non-hydrogen) atoms. The van der Waals surface area contributed by atoms with Gasteiger partial charge in [0.25, 0.3) is 0 Å². The summed E-state index contributed by atoms with van der Waals surface area (Å²) in [6, 6.07) is 0. The molecule has 2 heterocycles. The van der Waals surface area contributed by atoms with E-state index in [-0.39, 0.29) is 12.1 Å². The van der Waals surface area contributed by atoms with E-state index in [1.807, 2.05) is 0 Å². The van der Waals surface area contributed by atoms with Crippen LogP contribution in [-0.2, 0) is 9.53 Å². The standard InChI is InChI=1S/C15H26N2O2/c1-10-5-13-12(8-17-4-3-16-9-17)7-15(18)19-14(13)6-11(10)2/h10-14,16H,3-9H2,1-2H3/p+1. The molecule has 0 amide bonds. The van der Waals surface area contributed by atoms with Crippen LogP contribution < -0.4 is 5.32 Å². The maximum atomic E-state index is 11.8. The summed E-state index contributed by atoms with van der Waals surface area (Å²) in [4.78, 5) is 14.3. The fraction of sp³-hybridized carbons (Fsp3) is 0.933. The van der Waals surface area contributed by atoms with Crippen LogP contribution in [0.1, 0.15) is 33.1 Å². The molecule has 0 radical (unpaired) electrons. The molecule has 2 saturated heterocycles. The first kappa shape index (κ1) is 13.4. The molecule has 4 heteroatoms. The molecule has 3 aliphatic rings. The van der Waals surface area contributed by atoms with E-state index in [4.69, 9.17) is 4.74 Å². The minimum Gasteiger partial charge on any atom is -0.462 e. The average molecular weight is 267 g/mol. The van der Waals surface area contributed by atoms with Crippen LogP contribution in [0, 0.1) is 23.7 Å². The molecule has 0 aromatic rings. The Kier molecular flexibility index (Phi) is 3.81. The number of esters is 1. The van der Waals surface area contributed by atoms with Gasteiger partial charge in [-0.1, -0.05) is 13.8 Å². The van der Waals surface area contributed by atoms with Gasteiger partial charge in [-0.2, -0.15) is 0 Å². The SMILES string of the molecule is CC1CC2OC(=O)CC(CN3CC[NH2+]C3)C2CC1C. The number of nitrogens with zero attached hydrogens (tertiary/aromatic N) is 1. The lowest BCUT2D eigenvalue weighted by Gasteiger charge is -2.45. The summed E-state index contributed by atoms with van der Waals surface area (Å²) in [5.74, 6) is 2.62. The average Bonchev–Trinajstić information content (AvgIpc) is 2.84. The van der Waals surface area contributed by atoms with Gasteiger partial charge in [-0.15, -0.1) is 0 Å². The Balaban J connectivity index is 1.68. The predicted octanol–water partition coefficient (Wildman–Crippen LogP) is 0.437. The third-order valence-corrected chi connectivity index (χ3v) is 5.54. The van der Waals surface area contributed by atoms with Gasteiger partial charge in [0.15, 0.2) is 0 Å². The normalized spacial score (nSPS) is 43.9.